The number of hydrogen-bond acceptors (Lipinski definition) is 3. The first kappa shape index (κ1) is 12.4. The largest absolute Gasteiger partial charge is 0.422 e. The van der Waals surface area contributed by atoms with Gasteiger partial charge in [-0.1, -0.05) is 48.0 Å². The maximum atomic E-state index is 12.1. The van der Waals surface area contributed by atoms with E-state index in [4.69, 9.17) is 4.74 Å². The van der Waals surface area contributed by atoms with Gasteiger partial charge in [-0.25, -0.2) is 9.79 Å². The van der Waals surface area contributed by atoms with Crippen LogP contribution in [0.5, 0.6) is 5.75 Å². The van der Waals surface area contributed by atoms with Gasteiger partial charge in [0.15, 0.2) is 5.71 Å². The summed E-state index contributed by atoms with van der Waals surface area (Å²) in [5.74, 6) is 0.109. The van der Waals surface area contributed by atoms with Gasteiger partial charge in [0, 0.05) is 11.8 Å². The molecule has 0 spiro atoms. The lowest BCUT2D eigenvalue weighted by Crippen LogP contribution is -2.25. The molecule has 0 amide bonds. The van der Waals surface area contributed by atoms with Gasteiger partial charge in [0.25, 0.3) is 0 Å². The minimum Gasteiger partial charge on any atom is -0.422 e. The molecule has 0 atom stereocenters. The highest BCUT2D eigenvalue weighted by Crippen LogP contribution is 2.24. The Kier molecular flexibility index (Phi) is 3.17. The van der Waals surface area contributed by atoms with Gasteiger partial charge >= 0.3 is 5.97 Å². The van der Waals surface area contributed by atoms with Gasteiger partial charge in [-0.3, -0.25) is 0 Å². The monoisotopic (exact) mass is 263 g/mol. The zero-order chi connectivity index (χ0) is 13.9. The summed E-state index contributed by atoms with van der Waals surface area (Å²) in [6, 6.07) is 17.0. The fourth-order valence-corrected chi connectivity index (χ4v) is 1.95. The first-order valence-corrected chi connectivity index (χ1v) is 6.36. The highest BCUT2D eigenvalue weighted by molar-refractivity contribution is 6.57. The summed E-state index contributed by atoms with van der Waals surface area (Å²) in [7, 11) is 0. The van der Waals surface area contributed by atoms with E-state index < -0.39 is 5.97 Å². The van der Waals surface area contributed by atoms with Crippen LogP contribution in [-0.2, 0) is 4.79 Å². The van der Waals surface area contributed by atoms with Crippen molar-refractivity contribution in [1.29, 1.82) is 0 Å². The number of nitrogens with zero attached hydrogens (tertiary/aromatic N) is 1. The Morgan fingerprint density at radius 1 is 1.00 bits per heavy atom. The average molecular weight is 263 g/mol. The summed E-state index contributed by atoms with van der Waals surface area (Å²) in [6.45, 7) is 1.98. The second-order valence-corrected chi connectivity index (χ2v) is 4.59. The van der Waals surface area contributed by atoms with E-state index in [1.54, 1.807) is 18.3 Å². The molecule has 3 heteroatoms. The van der Waals surface area contributed by atoms with Crippen molar-refractivity contribution in [3.05, 3.63) is 71.9 Å². The summed E-state index contributed by atoms with van der Waals surface area (Å²) in [5, 5.41) is 0. The zero-order valence-electron chi connectivity index (χ0n) is 11.0. The lowest BCUT2D eigenvalue weighted by Gasteiger charge is -2.15. The van der Waals surface area contributed by atoms with Gasteiger partial charge < -0.3 is 4.74 Å². The predicted molar refractivity (Wildman–Crippen MR) is 78.7 cm³/mol. The Morgan fingerprint density at radius 3 is 2.30 bits per heavy atom. The molecule has 0 saturated carbocycles. The average Bonchev–Trinajstić information content (AvgIpc) is 2.41. The third kappa shape index (κ3) is 2.38. The Labute approximate surface area is 117 Å². The van der Waals surface area contributed by atoms with Crippen molar-refractivity contribution in [2.45, 2.75) is 6.92 Å². The number of rotatable bonds is 3. The van der Waals surface area contributed by atoms with Gasteiger partial charge in [-0.05, 0) is 24.6 Å². The maximum absolute atomic E-state index is 12.1. The molecule has 3 nitrogen and oxygen atoms in total. The molecule has 0 bridgehead atoms. The van der Waals surface area contributed by atoms with E-state index in [1.807, 2.05) is 49.4 Å². The minimum atomic E-state index is -0.421. The molecule has 0 N–H and O–H groups in total. The molecule has 0 aliphatic carbocycles. The third-order valence-electron chi connectivity index (χ3n) is 3.09. The van der Waals surface area contributed by atoms with Crippen molar-refractivity contribution in [3.63, 3.8) is 0 Å². The molecule has 98 valence electrons. The van der Waals surface area contributed by atoms with Crippen LogP contribution in [0.4, 0.5) is 0 Å². The highest BCUT2D eigenvalue weighted by Gasteiger charge is 2.24. The van der Waals surface area contributed by atoms with Crippen molar-refractivity contribution in [3.8, 4) is 5.75 Å². The number of aryl methyl sites for hydroxylation is 1. The molecule has 0 fully saturated rings. The topological polar surface area (TPSA) is 38.7 Å². The summed E-state index contributed by atoms with van der Waals surface area (Å²) >= 11 is 0. The summed E-state index contributed by atoms with van der Waals surface area (Å²) < 4.78 is 5.31. The molecule has 2 aromatic rings. The maximum Gasteiger partial charge on any atom is 0.363 e. The molecule has 1 heterocycles. The number of benzene rings is 2. The van der Waals surface area contributed by atoms with Gasteiger partial charge in [0.05, 0.1) is 0 Å². The molecule has 2 aromatic carbocycles. The SMILES string of the molecule is Cc1ccc(OC(=O)C2=NC=C2c2ccccc2)cc1. The highest BCUT2D eigenvalue weighted by atomic mass is 16.5. The number of aliphatic imine (C=N–C) groups is 1. The molecule has 1 aliphatic heterocycles. The number of ether oxygens (including phenoxy) is 1. The van der Waals surface area contributed by atoms with Crippen LogP contribution in [0.1, 0.15) is 11.1 Å². The Bertz CT molecular complexity index is 698. The second-order valence-electron chi connectivity index (χ2n) is 4.59. The Balaban J connectivity index is 1.72. The van der Waals surface area contributed by atoms with Crippen LogP contribution in [0.25, 0.3) is 5.57 Å². The van der Waals surface area contributed by atoms with E-state index >= 15 is 0 Å². The van der Waals surface area contributed by atoms with Crippen LogP contribution >= 0.6 is 0 Å². The Morgan fingerprint density at radius 2 is 1.70 bits per heavy atom. The van der Waals surface area contributed by atoms with Gasteiger partial charge in [-0.15, -0.1) is 0 Å². The molecule has 1 aliphatic rings. The fraction of sp³-hybridized carbons (Fsp3) is 0.0588. The standard InChI is InChI=1S/C17H13NO2/c1-12-7-9-14(10-8-12)20-17(19)16-15(11-18-16)13-5-3-2-4-6-13/h2-11H,1H3. The molecule has 0 radical (unpaired) electrons. The zero-order valence-corrected chi connectivity index (χ0v) is 11.0. The van der Waals surface area contributed by atoms with Crippen molar-refractivity contribution in [2.24, 2.45) is 4.99 Å². The lowest BCUT2D eigenvalue weighted by molar-refractivity contribution is -0.126. The van der Waals surface area contributed by atoms with Crippen LogP contribution < -0.4 is 4.74 Å². The second kappa shape index (κ2) is 5.13. The molecule has 0 aromatic heterocycles. The molecule has 20 heavy (non-hydrogen) atoms. The first-order valence-electron chi connectivity index (χ1n) is 6.36. The van der Waals surface area contributed by atoms with Crippen molar-refractivity contribution in [1.82, 2.24) is 0 Å². The predicted octanol–water partition coefficient (Wildman–Crippen LogP) is 3.40. The summed E-state index contributed by atoms with van der Waals surface area (Å²) in [5.41, 5.74) is 3.29. The normalized spacial score (nSPS) is 13.1. The van der Waals surface area contributed by atoms with Crippen LogP contribution in [-0.4, -0.2) is 11.7 Å². The van der Waals surface area contributed by atoms with Crippen molar-refractivity contribution < 1.29 is 9.53 Å². The van der Waals surface area contributed by atoms with Crippen LogP contribution in [0.15, 0.2) is 65.8 Å². The van der Waals surface area contributed by atoms with Crippen LogP contribution in [0, 0.1) is 6.92 Å². The molecule has 0 saturated heterocycles. The molecule has 0 unspecified atom stereocenters. The van der Waals surface area contributed by atoms with Gasteiger partial charge in [0.2, 0.25) is 0 Å². The number of carbonyl (C=O) groups is 1. The van der Waals surface area contributed by atoms with E-state index in [1.165, 1.54) is 0 Å². The fourth-order valence-electron chi connectivity index (χ4n) is 1.95. The smallest absolute Gasteiger partial charge is 0.363 e. The van der Waals surface area contributed by atoms with Gasteiger partial charge in [0.1, 0.15) is 5.75 Å². The minimum absolute atomic E-state index is 0.372. The van der Waals surface area contributed by atoms with Crippen molar-refractivity contribution >= 4 is 17.3 Å². The van der Waals surface area contributed by atoms with Crippen molar-refractivity contribution in [2.75, 3.05) is 0 Å². The first-order chi connectivity index (χ1) is 9.74. The van der Waals surface area contributed by atoms with Gasteiger partial charge in [-0.2, -0.15) is 0 Å². The lowest BCUT2D eigenvalue weighted by atomic mass is 9.99. The third-order valence-corrected chi connectivity index (χ3v) is 3.09. The summed E-state index contributed by atoms with van der Waals surface area (Å²) in [6.07, 6.45) is 1.68. The summed E-state index contributed by atoms with van der Waals surface area (Å²) in [4.78, 5) is 16.1. The number of hydrogen-bond donors (Lipinski definition) is 0. The van der Waals surface area contributed by atoms with E-state index in [9.17, 15) is 4.79 Å². The molecular weight excluding hydrogens is 250 g/mol. The number of esters is 1. The van der Waals surface area contributed by atoms with Crippen LogP contribution in [0.3, 0.4) is 0 Å². The molecular formula is C17H13NO2. The van der Waals surface area contributed by atoms with E-state index in [-0.39, 0.29) is 0 Å². The quantitative estimate of drug-likeness (QED) is 0.629. The van der Waals surface area contributed by atoms with E-state index in [0.29, 0.717) is 11.5 Å². The van der Waals surface area contributed by atoms with E-state index in [0.717, 1.165) is 16.7 Å². The molecule has 3 rings (SSSR count). The Hall–Kier alpha value is -2.68. The van der Waals surface area contributed by atoms with E-state index in [2.05, 4.69) is 4.99 Å². The van der Waals surface area contributed by atoms with Crippen LogP contribution in [0.2, 0.25) is 0 Å². The number of carbonyl (C=O) groups excluding carboxylic acids is 1.